The minimum Gasteiger partial charge on any atom is -0.497 e. The number of amides is 3. The summed E-state index contributed by atoms with van der Waals surface area (Å²) in [6.07, 6.45) is 1.68. The van der Waals surface area contributed by atoms with E-state index in [0.29, 0.717) is 41.3 Å². The van der Waals surface area contributed by atoms with Crippen LogP contribution in [0.5, 0.6) is 11.5 Å². The zero-order chi connectivity index (χ0) is 38.6. The van der Waals surface area contributed by atoms with E-state index in [-0.39, 0.29) is 61.4 Å². The number of hydrogen-bond donors (Lipinski definition) is 1. The molecule has 0 unspecified atom stereocenters. The molecule has 55 heavy (non-hydrogen) atoms. The molecule has 1 N–H and O–H groups in total. The van der Waals surface area contributed by atoms with Crippen LogP contribution in [-0.2, 0) is 37.7 Å². The first-order chi connectivity index (χ1) is 26.5. The van der Waals surface area contributed by atoms with Crippen LogP contribution in [0.15, 0.2) is 104 Å². The minimum atomic E-state index is -2.57. The van der Waals surface area contributed by atoms with E-state index in [4.69, 9.17) is 14.2 Å². The van der Waals surface area contributed by atoms with E-state index in [2.05, 4.69) is 44.8 Å². The Hall–Kier alpha value is -5.23. The van der Waals surface area contributed by atoms with Crippen LogP contribution in [-0.4, -0.2) is 74.8 Å². The molecule has 10 nitrogen and oxygen atoms in total. The van der Waals surface area contributed by atoms with Crippen molar-refractivity contribution in [3.8, 4) is 11.5 Å². The maximum Gasteiger partial charge on any atom is 0.269 e. The van der Waals surface area contributed by atoms with Crippen molar-refractivity contribution in [1.29, 1.82) is 0 Å². The number of carbonyl (C=O) groups excluding carboxylic acids is 3. The van der Waals surface area contributed by atoms with Gasteiger partial charge < -0.3 is 29.1 Å². The SMILES string of the molecule is C=CCN1C(=O)[C@@]2(O[C@@H](CC(=O)N3Cc4ccccc4C[C@H]3CO)[C@H]([Si](C)(C)c3ccc(OC)cc3)[C@H]2C)c2cc(N3C(=O)COc4ccccc43)ccc21. The van der Waals surface area contributed by atoms with Gasteiger partial charge in [-0.05, 0) is 65.6 Å². The van der Waals surface area contributed by atoms with Gasteiger partial charge in [-0.25, -0.2) is 0 Å². The van der Waals surface area contributed by atoms with Crippen molar-refractivity contribution in [2.75, 3.05) is 36.7 Å². The topological polar surface area (TPSA) is 109 Å². The number of anilines is 3. The van der Waals surface area contributed by atoms with Crippen molar-refractivity contribution in [3.05, 3.63) is 120 Å². The van der Waals surface area contributed by atoms with E-state index in [9.17, 15) is 14.7 Å². The van der Waals surface area contributed by atoms with Gasteiger partial charge in [-0.2, -0.15) is 0 Å². The number of carbonyl (C=O) groups is 3. The number of aliphatic hydroxyl groups excluding tert-OH is 1. The lowest BCUT2D eigenvalue weighted by Gasteiger charge is -2.39. The van der Waals surface area contributed by atoms with Crippen LogP contribution in [0.1, 0.15) is 30.0 Å². The number of rotatable bonds is 9. The van der Waals surface area contributed by atoms with Gasteiger partial charge in [-0.3, -0.25) is 19.3 Å². The number of methoxy groups -OCH3 is 1. The average Bonchev–Trinajstić information content (AvgIpc) is 3.62. The highest BCUT2D eigenvalue weighted by Gasteiger charge is 2.66. The molecule has 8 rings (SSSR count). The molecule has 0 bridgehead atoms. The monoisotopic (exact) mass is 757 g/mol. The molecule has 284 valence electrons. The number of hydrogen-bond acceptors (Lipinski definition) is 7. The Morgan fingerprint density at radius 3 is 2.45 bits per heavy atom. The minimum absolute atomic E-state index is 0.0428. The number of para-hydroxylation sites is 2. The van der Waals surface area contributed by atoms with E-state index in [1.807, 2.05) is 72.8 Å². The number of nitrogens with zero attached hydrogens (tertiary/aromatic N) is 3. The van der Waals surface area contributed by atoms with Crippen LogP contribution in [0.4, 0.5) is 17.1 Å². The van der Waals surface area contributed by atoms with Crippen molar-refractivity contribution in [3.63, 3.8) is 0 Å². The molecular formula is C44H47N3O7Si. The Labute approximate surface area is 322 Å². The van der Waals surface area contributed by atoms with Crippen LogP contribution in [0.3, 0.4) is 0 Å². The van der Waals surface area contributed by atoms with E-state index >= 15 is 4.79 Å². The van der Waals surface area contributed by atoms with E-state index in [1.54, 1.807) is 27.9 Å². The molecule has 4 aliphatic rings. The summed E-state index contributed by atoms with van der Waals surface area (Å²) < 4.78 is 18.5. The Morgan fingerprint density at radius 2 is 1.73 bits per heavy atom. The summed E-state index contributed by atoms with van der Waals surface area (Å²) in [5.41, 5.74) is 3.14. The molecule has 1 saturated heterocycles. The summed E-state index contributed by atoms with van der Waals surface area (Å²) in [7, 11) is -0.926. The fraction of sp³-hybridized carbons (Fsp3) is 0.341. The molecule has 1 spiro atoms. The number of benzene rings is 4. The fourth-order valence-corrected chi connectivity index (χ4v) is 13.7. The molecular weight excluding hydrogens is 711 g/mol. The Morgan fingerprint density at radius 1 is 1.00 bits per heavy atom. The molecule has 11 heteroatoms. The first kappa shape index (κ1) is 36.7. The quantitative estimate of drug-likeness (QED) is 0.169. The van der Waals surface area contributed by atoms with Gasteiger partial charge in [0.2, 0.25) is 5.91 Å². The summed E-state index contributed by atoms with van der Waals surface area (Å²) in [6.45, 7) is 11.0. The highest BCUT2D eigenvalue weighted by atomic mass is 28.3. The smallest absolute Gasteiger partial charge is 0.269 e. The van der Waals surface area contributed by atoms with Gasteiger partial charge >= 0.3 is 0 Å². The molecule has 4 aromatic rings. The standard InChI is InChI=1S/C44H47N3O7Si/c1-6-21-45-36-20-15-31(47-37-13-9-10-14-38(37)53-27-41(47)50)23-35(36)44(43(45)51)28(2)42(55(4,5)34-18-16-33(52-3)17-19-34)39(54-44)24-40(49)46-25-30-12-8-7-11-29(30)22-32(46)26-48/h6-20,23,28,32,39,42,48H,1,21-22,24-27H2,2-5H3/t28-,32+,39+,42-,44+/m1/s1. The largest absolute Gasteiger partial charge is 0.497 e. The maximum absolute atomic E-state index is 15.1. The van der Waals surface area contributed by atoms with E-state index in [0.717, 1.165) is 22.1 Å². The van der Waals surface area contributed by atoms with Gasteiger partial charge in [0.05, 0.1) is 51.7 Å². The van der Waals surface area contributed by atoms with Gasteiger partial charge in [0.1, 0.15) is 11.5 Å². The second kappa shape index (κ2) is 14.1. The zero-order valence-electron chi connectivity index (χ0n) is 31.7. The van der Waals surface area contributed by atoms with Crippen LogP contribution in [0.25, 0.3) is 0 Å². The van der Waals surface area contributed by atoms with Gasteiger partial charge in [-0.15, -0.1) is 6.58 Å². The lowest BCUT2D eigenvalue weighted by atomic mass is 9.82. The van der Waals surface area contributed by atoms with Gasteiger partial charge in [0.15, 0.2) is 12.2 Å². The van der Waals surface area contributed by atoms with Crippen LogP contribution < -0.4 is 24.5 Å². The van der Waals surface area contributed by atoms with Gasteiger partial charge in [-0.1, -0.05) is 79.8 Å². The summed E-state index contributed by atoms with van der Waals surface area (Å²) in [5, 5.41) is 11.6. The summed E-state index contributed by atoms with van der Waals surface area (Å²) in [4.78, 5) is 48.4. The van der Waals surface area contributed by atoms with Crippen molar-refractivity contribution in [1.82, 2.24) is 4.90 Å². The van der Waals surface area contributed by atoms with Crippen LogP contribution in [0.2, 0.25) is 18.6 Å². The van der Waals surface area contributed by atoms with Crippen molar-refractivity contribution in [2.45, 2.75) is 62.7 Å². The normalized spacial score (nSPS) is 24.3. The van der Waals surface area contributed by atoms with Gasteiger partial charge in [0, 0.05) is 30.3 Å². The highest BCUT2D eigenvalue weighted by Crippen LogP contribution is 2.60. The third-order valence-corrected chi connectivity index (χ3v) is 16.7. The molecule has 1 fully saturated rings. The van der Waals surface area contributed by atoms with Crippen LogP contribution >= 0.6 is 0 Å². The maximum atomic E-state index is 15.1. The van der Waals surface area contributed by atoms with Crippen molar-refractivity contribution < 1.29 is 33.7 Å². The predicted octanol–water partition coefficient (Wildman–Crippen LogP) is 5.84. The number of fused-ring (bicyclic) bond motifs is 4. The summed E-state index contributed by atoms with van der Waals surface area (Å²) >= 11 is 0. The second-order valence-electron chi connectivity index (χ2n) is 15.6. The molecule has 4 heterocycles. The molecule has 0 aromatic heterocycles. The third kappa shape index (κ3) is 5.87. The molecule has 0 aliphatic carbocycles. The second-order valence-corrected chi connectivity index (χ2v) is 20.3. The molecule has 3 amide bonds. The Bertz CT molecular complexity index is 2170. The molecule has 0 radical (unpaired) electrons. The lowest BCUT2D eigenvalue weighted by molar-refractivity contribution is -0.150. The number of aliphatic hydroxyl groups is 1. The third-order valence-electron chi connectivity index (χ3n) is 12.4. The Kier molecular flexibility index (Phi) is 9.43. The highest BCUT2D eigenvalue weighted by molar-refractivity contribution is 6.91. The van der Waals surface area contributed by atoms with Crippen molar-refractivity contribution >= 4 is 48.0 Å². The fourth-order valence-electron chi connectivity index (χ4n) is 9.67. The molecule has 0 saturated carbocycles. The van der Waals surface area contributed by atoms with Crippen LogP contribution in [0, 0.1) is 5.92 Å². The molecule has 4 aromatic carbocycles. The van der Waals surface area contributed by atoms with E-state index < -0.39 is 19.8 Å². The molecule has 4 aliphatic heterocycles. The van der Waals surface area contributed by atoms with Gasteiger partial charge in [0.25, 0.3) is 11.8 Å². The Balaban J connectivity index is 1.24. The molecule has 5 atom stereocenters. The lowest BCUT2D eigenvalue weighted by Crippen LogP contribution is -2.52. The predicted molar refractivity (Wildman–Crippen MR) is 214 cm³/mol. The summed E-state index contributed by atoms with van der Waals surface area (Å²) in [5.74, 6) is 0.426. The first-order valence-electron chi connectivity index (χ1n) is 18.9. The van der Waals surface area contributed by atoms with E-state index in [1.165, 1.54) is 0 Å². The summed E-state index contributed by atoms with van der Waals surface area (Å²) in [6, 6.07) is 28.9. The number of ether oxygens (including phenoxy) is 3. The zero-order valence-corrected chi connectivity index (χ0v) is 32.7. The average molecular weight is 758 g/mol. The first-order valence-corrected chi connectivity index (χ1v) is 22.0. The van der Waals surface area contributed by atoms with Crippen molar-refractivity contribution in [2.24, 2.45) is 5.92 Å².